The molecule has 3 rings (SSSR count). The molecule has 0 radical (unpaired) electrons. The lowest BCUT2D eigenvalue weighted by Crippen LogP contribution is -2.63. The van der Waals surface area contributed by atoms with Crippen molar-refractivity contribution in [1.82, 2.24) is 0 Å². The highest BCUT2D eigenvalue weighted by atomic mass is 16.7. The fourth-order valence-corrected chi connectivity index (χ4v) is 4.00. The molecule has 0 amide bonds. The van der Waals surface area contributed by atoms with E-state index in [1.165, 1.54) is 6.92 Å². The second-order valence-electron chi connectivity index (χ2n) is 8.60. The number of ether oxygens (including phenoxy) is 7. The maximum Gasteiger partial charge on any atom is 0.303 e. The van der Waals surface area contributed by atoms with Crippen molar-refractivity contribution in [1.29, 1.82) is 0 Å². The zero-order valence-electron chi connectivity index (χ0n) is 21.7. The Balaban J connectivity index is 1.76. The van der Waals surface area contributed by atoms with Gasteiger partial charge in [0.15, 0.2) is 30.7 Å². The SMILES string of the molecule is COc1ccc(C2=NO[C@H](CO[C@@H]3O[C@H](COC(C)=O)[C@@H](OC(C)=O)[C@H](OC(C)=O)[C@@H]3OC(C)=O)C2)cc1. The summed E-state index contributed by atoms with van der Waals surface area (Å²) in [6, 6.07) is 7.31. The van der Waals surface area contributed by atoms with Crippen LogP contribution in [0.15, 0.2) is 29.4 Å². The van der Waals surface area contributed by atoms with Crippen LogP contribution >= 0.6 is 0 Å². The van der Waals surface area contributed by atoms with Gasteiger partial charge in [-0.2, -0.15) is 0 Å². The number of carbonyl (C=O) groups is 4. The van der Waals surface area contributed by atoms with Gasteiger partial charge in [-0.3, -0.25) is 19.2 Å². The third-order valence-corrected chi connectivity index (χ3v) is 5.55. The smallest absolute Gasteiger partial charge is 0.303 e. The molecule has 38 heavy (non-hydrogen) atoms. The minimum Gasteiger partial charge on any atom is -0.497 e. The Hall–Kier alpha value is -3.71. The van der Waals surface area contributed by atoms with E-state index in [0.717, 1.165) is 26.3 Å². The molecule has 208 valence electrons. The summed E-state index contributed by atoms with van der Waals surface area (Å²) in [6.07, 6.45) is -6.35. The fourth-order valence-electron chi connectivity index (χ4n) is 4.00. The third-order valence-electron chi connectivity index (χ3n) is 5.55. The summed E-state index contributed by atoms with van der Waals surface area (Å²) in [7, 11) is 1.58. The van der Waals surface area contributed by atoms with E-state index < -0.39 is 60.7 Å². The maximum absolute atomic E-state index is 11.9. The normalized spacial score (nSPS) is 26.4. The monoisotopic (exact) mass is 537 g/mol. The molecular formula is C25H31NO12. The predicted octanol–water partition coefficient (Wildman–Crippen LogP) is 1.29. The first-order valence-electron chi connectivity index (χ1n) is 11.9. The molecule has 13 nitrogen and oxygen atoms in total. The summed E-state index contributed by atoms with van der Waals surface area (Å²) < 4.78 is 38.2. The van der Waals surface area contributed by atoms with Gasteiger partial charge in [-0.25, -0.2) is 0 Å². The van der Waals surface area contributed by atoms with Gasteiger partial charge in [0.2, 0.25) is 0 Å². The van der Waals surface area contributed by atoms with Crippen LogP contribution in [0.3, 0.4) is 0 Å². The molecule has 1 fully saturated rings. The molecule has 2 heterocycles. The number of nitrogens with zero attached hydrogens (tertiary/aromatic N) is 1. The molecule has 1 saturated heterocycles. The molecule has 0 aliphatic carbocycles. The van der Waals surface area contributed by atoms with Crippen molar-refractivity contribution in [2.24, 2.45) is 5.16 Å². The number of carbonyl (C=O) groups excluding carboxylic acids is 4. The van der Waals surface area contributed by atoms with Gasteiger partial charge in [-0.05, 0) is 29.8 Å². The van der Waals surface area contributed by atoms with E-state index >= 15 is 0 Å². The van der Waals surface area contributed by atoms with Crippen molar-refractivity contribution in [3.63, 3.8) is 0 Å². The zero-order chi connectivity index (χ0) is 27.8. The van der Waals surface area contributed by atoms with Crippen molar-refractivity contribution in [3.05, 3.63) is 29.8 Å². The van der Waals surface area contributed by atoms with Gasteiger partial charge in [-0.1, -0.05) is 5.16 Å². The van der Waals surface area contributed by atoms with Gasteiger partial charge in [0.25, 0.3) is 0 Å². The first-order chi connectivity index (χ1) is 18.1. The highest BCUT2D eigenvalue weighted by molar-refractivity contribution is 6.01. The van der Waals surface area contributed by atoms with Crippen LogP contribution in [0.1, 0.15) is 39.7 Å². The average Bonchev–Trinajstić information content (AvgIpc) is 3.33. The standard InChI is InChI=1S/C25H31NO12/c1-13(27)32-12-21-22(34-14(2)28)23(35-15(3)29)24(36-16(4)30)25(37-21)33-11-19-10-20(26-38-19)17-6-8-18(31-5)9-7-17/h6-9,19,21-25H,10-12H2,1-5H3/t19-,21+,22+,23-,24-,25+/m0/s1. The minimum atomic E-state index is -1.31. The predicted molar refractivity (Wildman–Crippen MR) is 127 cm³/mol. The Morgan fingerprint density at radius 3 is 2.03 bits per heavy atom. The Kier molecular flexibility index (Phi) is 10.0. The van der Waals surface area contributed by atoms with Gasteiger partial charge in [0, 0.05) is 34.1 Å². The number of rotatable bonds is 10. The molecule has 0 N–H and O–H groups in total. The molecule has 2 aliphatic heterocycles. The van der Waals surface area contributed by atoms with E-state index in [1.54, 1.807) is 19.2 Å². The van der Waals surface area contributed by atoms with Crippen molar-refractivity contribution < 1.29 is 57.2 Å². The van der Waals surface area contributed by atoms with Crippen LogP contribution in [0.25, 0.3) is 0 Å². The Morgan fingerprint density at radius 1 is 0.842 bits per heavy atom. The van der Waals surface area contributed by atoms with Crippen molar-refractivity contribution >= 4 is 29.6 Å². The lowest BCUT2D eigenvalue weighted by atomic mass is 9.98. The molecule has 1 aromatic carbocycles. The largest absolute Gasteiger partial charge is 0.497 e. The second-order valence-corrected chi connectivity index (χ2v) is 8.60. The average molecular weight is 538 g/mol. The molecule has 1 aromatic rings. The molecule has 13 heteroatoms. The topological polar surface area (TPSA) is 154 Å². The lowest BCUT2D eigenvalue weighted by Gasteiger charge is -2.44. The van der Waals surface area contributed by atoms with E-state index in [4.69, 9.17) is 38.0 Å². The molecule has 6 atom stereocenters. The first-order valence-corrected chi connectivity index (χ1v) is 11.9. The maximum atomic E-state index is 11.9. The van der Waals surface area contributed by atoms with Crippen molar-refractivity contribution in [2.75, 3.05) is 20.3 Å². The minimum absolute atomic E-state index is 0.0447. The molecule has 2 aliphatic rings. The summed E-state index contributed by atoms with van der Waals surface area (Å²) in [5.74, 6) is -2.07. The highest BCUT2D eigenvalue weighted by Crippen LogP contribution is 2.30. The molecule has 0 spiro atoms. The number of hydrogen-bond acceptors (Lipinski definition) is 13. The van der Waals surface area contributed by atoms with Gasteiger partial charge in [-0.15, -0.1) is 0 Å². The lowest BCUT2D eigenvalue weighted by molar-refractivity contribution is -0.311. The van der Waals surface area contributed by atoms with E-state index in [-0.39, 0.29) is 13.2 Å². The van der Waals surface area contributed by atoms with Crippen LogP contribution in [-0.4, -0.2) is 86.7 Å². The van der Waals surface area contributed by atoms with Crippen LogP contribution in [0.4, 0.5) is 0 Å². The number of benzene rings is 1. The quantitative estimate of drug-likeness (QED) is 0.312. The first kappa shape index (κ1) is 28.9. The molecule has 0 saturated carbocycles. The van der Waals surface area contributed by atoms with E-state index in [2.05, 4.69) is 5.16 Å². The summed E-state index contributed by atoms with van der Waals surface area (Å²) in [5.41, 5.74) is 1.54. The number of oxime groups is 1. The molecular weight excluding hydrogens is 506 g/mol. The van der Waals surface area contributed by atoms with Crippen LogP contribution in [0.2, 0.25) is 0 Å². The molecule has 0 bridgehead atoms. The van der Waals surface area contributed by atoms with E-state index in [9.17, 15) is 19.2 Å². The molecule has 0 aromatic heterocycles. The van der Waals surface area contributed by atoms with Gasteiger partial charge < -0.3 is 38.0 Å². The summed E-state index contributed by atoms with van der Waals surface area (Å²) in [6.45, 7) is 4.25. The summed E-state index contributed by atoms with van der Waals surface area (Å²) in [4.78, 5) is 52.6. The number of esters is 4. The van der Waals surface area contributed by atoms with Gasteiger partial charge in [0.05, 0.1) is 19.4 Å². The van der Waals surface area contributed by atoms with E-state index in [0.29, 0.717) is 17.9 Å². The van der Waals surface area contributed by atoms with Crippen LogP contribution in [0, 0.1) is 0 Å². The second kappa shape index (κ2) is 13.2. The third kappa shape index (κ3) is 7.89. The number of hydrogen-bond donors (Lipinski definition) is 0. The Morgan fingerprint density at radius 2 is 1.45 bits per heavy atom. The van der Waals surface area contributed by atoms with Crippen LogP contribution < -0.4 is 4.74 Å². The zero-order valence-corrected chi connectivity index (χ0v) is 21.7. The van der Waals surface area contributed by atoms with Crippen molar-refractivity contribution in [2.45, 2.75) is 70.9 Å². The Labute approximate surface area is 219 Å². The van der Waals surface area contributed by atoms with E-state index in [1.807, 2.05) is 12.1 Å². The highest BCUT2D eigenvalue weighted by Gasteiger charge is 2.53. The summed E-state index contributed by atoms with van der Waals surface area (Å²) in [5, 5.41) is 4.12. The Bertz CT molecular complexity index is 1040. The van der Waals surface area contributed by atoms with Crippen LogP contribution in [0.5, 0.6) is 5.75 Å². The summed E-state index contributed by atoms with van der Waals surface area (Å²) >= 11 is 0. The van der Waals surface area contributed by atoms with Crippen molar-refractivity contribution in [3.8, 4) is 5.75 Å². The molecule has 0 unspecified atom stereocenters. The van der Waals surface area contributed by atoms with Crippen LogP contribution in [-0.2, 0) is 52.4 Å². The van der Waals surface area contributed by atoms with Gasteiger partial charge in [0.1, 0.15) is 18.5 Å². The number of methoxy groups -OCH3 is 1. The van der Waals surface area contributed by atoms with Gasteiger partial charge >= 0.3 is 23.9 Å². The fraction of sp³-hybridized carbons (Fsp3) is 0.560.